The lowest BCUT2D eigenvalue weighted by atomic mass is 10.0. The fourth-order valence-corrected chi connectivity index (χ4v) is 3.57. The molecule has 0 saturated carbocycles. The van der Waals surface area contributed by atoms with Crippen LogP contribution in [-0.4, -0.2) is 28.3 Å². The molecule has 6 heteroatoms. The Morgan fingerprint density at radius 1 is 1.04 bits per heavy atom. The third kappa shape index (κ3) is 2.37. The molecule has 2 aliphatic heterocycles. The standard InChI is InChI=1S/C20H19N3O3/c1-20(2)18(25)22(12-13-6-4-3-5-7-13)19(26)23(20)15-8-9-16-14(10-15)11-21-17(16)24/h3-10H,11-12H2,1-2H3,(H,21,24). The lowest BCUT2D eigenvalue weighted by Crippen LogP contribution is -2.44. The summed E-state index contributed by atoms with van der Waals surface area (Å²) >= 11 is 0. The molecule has 0 radical (unpaired) electrons. The fourth-order valence-electron chi connectivity index (χ4n) is 3.57. The van der Waals surface area contributed by atoms with E-state index in [-0.39, 0.29) is 24.4 Å². The first-order valence-electron chi connectivity index (χ1n) is 8.51. The summed E-state index contributed by atoms with van der Waals surface area (Å²) in [6.45, 7) is 4.17. The largest absolute Gasteiger partial charge is 0.348 e. The Balaban J connectivity index is 1.69. The number of nitrogens with one attached hydrogen (secondary N) is 1. The molecule has 1 fully saturated rings. The van der Waals surface area contributed by atoms with Crippen molar-refractivity contribution in [3.63, 3.8) is 0 Å². The zero-order valence-corrected chi connectivity index (χ0v) is 14.7. The average molecular weight is 349 g/mol. The van der Waals surface area contributed by atoms with Crippen LogP contribution in [0.5, 0.6) is 0 Å². The van der Waals surface area contributed by atoms with Gasteiger partial charge in [0, 0.05) is 17.8 Å². The number of hydrogen-bond donors (Lipinski definition) is 1. The second-order valence-corrected chi connectivity index (χ2v) is 7.08. The molecular weight excluding hydrogens is 330 g/mol. The monoisotopic (exact) mass is 349 g/mol. The smallest absolute Gasteiger partial charge is 0.332 e. The van der Waals surface area contributed by atoms with Crippen molar-refractivity contribution >= 4 is 23.5 Å². The number of carbonyl (C=O) groups is 3. The van der Waals surface area contributed by atoms with E-state index in [4.69, 9.17) is 0 Å². The molecular formula is C20H19N3O3. The molecule has 0 aromatic heterocycles. The van der Waals surface area contributed by atoms with Gasteiger partial charge in [-0.2, -0.15) is 0 Å². The number of imide groups is 1. The van der Waals surface area contributed by atoms with Gasteiger partial charge in [-0.05, 0) is 43.2 Å². The highest BCUT2D eigenvalue weighted by Crippen LogP contribution is 2.35. The molecule has 0 aliphatic carbocycles. The van der Waals surface area contributed by atoms with Crippen molar-refractivity contribution in [2.75, 3.05) is 4.90 Å². The Labute approximate surface area is 151 Å². The van der Waals surface area contributed by atoms with Gasteiger partial charge in [0.05, 0.1) is 6.54 Å². The predicted molar refractivity (Wildman–Crippen MR) is 96.6 cm³/mol. The molecule has 0 atom stereocenters. The maximum absolute atomic E-state index is 13.0. The number of hydrogen-bond acceptors (Lipinski definition) is 3. The Kier molecular flexibility index (Phi) is 3.57. The van der Waals surface area contributed by atoms with E-state index in [2.05, 4.69) is 5.32 Å². The summed E-state index contributed by atoms with van der Waals surface area (Å²) in [4.78, 5) is 40.5. The van der Waals surface area contributed by atoms with Crippen LogP contribution >= 0.6 is 0 Å². The van der Waals surface area contributed by atoms with E-state index in [1.807, 2.05) is 36.4 Å². The Morgan fingerprint density at radius 3 is 2.50 bits per heavy atom. The van der Waals surface area contributed by atoms with Gasteiger partial charge in [0.25, 0.3) is 11.8 Å². The van der Waals surface area contributed by atoms with Gasteiger partial charge in [0.15, 0.2) is 0 Å². The van der Waals surface area contributed by atoms with E-state index >= 15 is 0 Å². The number of carbonyl (C=O) groups excluding carboxylic acids is 3. The molecule has 132 valence electrons. The van der Waals surface area contributed by atoms with Crippen molar-refractivity contribution in [3.05, 3.63) is 65.2 Å². The minimum absolute atomic E-state index is 0.111. The first-order valence-corrected chi connectivity index (χ1v) is 8.51. The van der Waals surface area contributed by atoms with Crippen molar-refractivity contribution in [1.82, 2.24) is 10.2 Å². The second kappa shape index (κ2) is 5.69. The molecule has 6 nitrogen and oxygen atoms in total. The van der Waals surface area contributed by atoms with Crippen LogP contribution in [-0.2, 0) is 17.9 Å². The van der Waals surface area contributed by atoms with Crippen LogP contribution in [0.15, 0.2) is 48.5 Å². The van der Waals surface area contributed by atoms with Gasteiger partial charge >= 0.3 is 6.03 Å². The summed E-state index contributed by atoms with van der Waals surface area (Å²) < 4.78 is 0. The minimum Gasteiger partial charge on any atom is -0.348 e. The molecule has 4 rings (SSSR count). The summed E-state index contributed by atoms with van der Waals surface area (Å²) in [5, 5.41) is 2.77. The Morgan fingerprint density at radius 2 is 1.77 bits per heavy atom. The van der Waals surface area contributed by atoms with Crippen LogP contribution in [0.4, 0.5) is 10.5 Å². The number of fused-ring (bicyclic) bond motifs is 1. The van der Waals surface area contributed by atoms with E-state index in [0.29, 0.717) is 17.8 Å². The topological polar surface area (TPSA) is 69.7 Å². The molecule has 0 unspecified atom stereocenters. The fraction of sp³-hybridized carbons (Fsp3) is 0.250. The normalized spacial score (nSPS) is 18.3. The third-order valence-corrected chi connectivity index (χ3v) is 4.96. The quantitative estimate of drug-likeness (QED) is 0.866. The van der Waals surface area contributed by atoms with Crippen LogP contribution < -0.4 is 10.2 Å². The number of urea groups is 1. The van der Waals surface area contributed by atoms with Crippen molar-refractivity contribution < 1.29 is 14.4 Å². The third-order valence-electron chi connectivity index (χ3n) is 4.96. The molecule has 2 aromatic carbocycles. The molecule has 2 heterocycles. The van der Waals surface area contributed by atoms with E-state index in [1.54, 1.807) is 26.0 Å². The van der Waals surface area contributed by atoms with Crippen molar-refractivity contribution in [1.29, 1.82) is 0 Å². The SMILES string of the molecule is CC1(C)C(=O)N(Cc2ccccc2)C(=O)N1c1ccc2c(c1)CNC2=O. The summed E-state index contributed by atoms with van der Waals surface area (Å²) in [6.07, 6.45) is 0. The zero-order chi connectivity index (χ0) is 18.5. The molecule has 2 aromatic rings. The summed E-state index contributed by atoms with van der Waals surface area (Å²) in [6, 6.07) is 14.3. The summed E-state index contributed by atoms with van der Waals surface area (Å²) in [5.41, 5.74) is 1.99. The van der Waals surface area contributed by atoms with Crippen LogP contribution in [0.3, 0.4) is 0 Å². The molecule has 1 saturated heterocycles. The van der Waals surface area contributed by atoms with Gasteiger partial charge in [-0.1, -0.05) is 30.3 Å². The highest BCUT2D eigenvalue weighted by Gasteiger charge is 2.52. The van der Waals surface area contributed by atoms with Gasteiger partial charge in [-0.15, -0.1) is 0 Å². The zero-order valence-electron chi connectivity index (χ0n) is 14.7. The van der Waals surface area contributed by atoms with Gasteiger partial charge in [0.2, 0.25) is 0 Å². The lowest BCUT2D eigenvalue weighted by Gasteiger charge is -2.28. The maximum atomic E-state index is 13.0. The van der Waals surface area contributed by atoms with Gasteiger partial charge in [0.1, 0.15) is 5.54 Å². The van der Waals surface area contributed by atoms with Crippen molar-refractivity contribution in [2.24, 2.45) is 0 Å². The minimum atomic E-state index is -0.990. The number of amides is 4. The molecule has 0 bridgehead atoms. The number of nitrogens with zero attached hydrogens (tertiary/aromatic N) is 2. The predicted octanol–water partition coefficient (Wildman–Crippen LogP) is 2.68. The highest BCUT2D eigenvalue weighted by atomic mass is 16.2. The van der Waals surface area contributed by atoms with Crippen molar-refractivity contribution in [3.8, 4) is 0 Å². The molecule has 0 spiro atoms. The summed E-state index contributed by atoms with van der Waals surface area (Å²) in [7, 11) is 0. The van der Waals surface area contributed by atoms with Crippen molar-refractivity contribution in [2.45, 2.75) is 32.5 Å². The van der Waals surface area contributed by atoms with E-state index in [9.17, 15) is 14.4 Å². The van der Waals surface area contributed by atoms with E-state index in [0.717, 1.165) is 11.1 Å². The van der Waals surface area contributed by atoms with Crippen LogP contribution in [0.1, 0.15) is 35.3 Å². The number of rotatable bonds is 3. The first-order chi connectivity index (χ1) is 12.4. The van der Waals surface area contributed by atoms with Crippen LogP contribution in [0.25, 0.3) is 0 Å². The van der Waals surface area contributed by atoms with Crippen LogP contribution in [0, 0.1) is 0 Å². The molecule has 4 amide bonds. The Bertz CT molecular complexity index is 921. The maximum Gasteiger partial charge on any atom is 0.332 e. The Hall–Kier alpha value is -3.15. The van der Waals surface area contributed by atoms with Gasteiger partial charge < -0.3 is 5.32 Å². The van der Waals surface area contributed by atoms with E-state index < -0.39 is 5.54 Å². The van der Waals surface area contributed by atoms with E-state index in [1.165, 1.54) is 9.80 Å². The summed E-state index contributed by atoms with van der Waals surface area (Å²) in [5.74, 6) is -0.346. The number of anilines is 1. The highest BCUT2D eigenvalue weighted by molar-refractivity contribution is 6.16. The first kappa shape index (κ1) is 16.3. The number of benzene rings is 2. The molecule has 1 N–H and O–H groups in total. The van der Waals surface area contributed by atoms with Gasteiger partial charge in [-0.3, -0.25) is 19.4 Å². The molecule has 26 heavy (non-hydrogen) atoms. The average Bonchev–Trinajstić information content (AvgIpc) is 3.07. The molecule has 2 aliphatic rings. The van der Waals surface area contributed by atoms with Crippen LogP contribution in [0.2, 0.25) is 0 Å². The second-order valence-electron chi connectivity index (χ2n) is 7.08. The van der Waals surface area contributed by atoms with Gasteiger partial charge in [-0.25, -0.2) is 4.79 Å². The lowest BCUT2D eigenvalue weighted by molar-refractivity contribution is -0.130.